The molecule has 0 bridgehead atoms. The zero-order chi connectivity index (χ0) is 9.94. The van der Waals surface area contributed by atoms with Crippen LogP contribution in [0.1, 0.15) is 33.1 Å². The molecule has 0 spiro atoms. The van der Waals surface area contributed by atoms with Crippen molar-refractivity contribution in [1.29, 1.82) is 0 Å². The van der Waals surface area contributed by atoms with Crippen LogP contribution in [-0.4, -0.2) is 43.1 Å². The van der Waals surface area contributed by atoms with E-state index in [0.717, 1.165) is 25.9 Å². The van der Waals surface area contributed by atoms with Crippen molar-refractivity contribution < 1.29 is 20.1 Å². The third-order valence-corrected chi connectivity index (χ3v) is 1.78. The van der Waals surface area contributed by atoms with Gasteiger partial charge in [0.15, 0.2) is 0 Å². The number of aliphatic hydroxyl groups is 1. The van der Waals surface area contributed by atoms with Crippen molar-refractivity contribution in [3.63, 3.8) is 0 Å². The highest BCUT2D eigenvalue weighted by atomic mass is 16.5. The first kappa shape index (κ1) is 16.3. The topological polar surface area (TPSA) is 70.2 Å². The fourth-order valence-corrected chi connectivity index (χ4v) is 1.00. The highest BCUT2D eigenvalue weighted by Crippen LogP contribution is 2.00. The molecule has 14 heavy (non-hydrogen) atoms. The molecular weight excluding hydrogens is 184 g/mol. The summed E-state index contributed by atoms with van der Waals surface area (Å²) in [6.07, 6.45) is 2.72. The smallest absolute Gasteiger partial charge is 0.0773 e. The zero-order valence-corrected chi connectivity index (χ0v) is 9.29. The average Bonchev–Trinajstić information content (AvgIpc) is 2.14. The molecule has 3 N–H and O–H groups in total. The Kier molecular flexibility index (Phi) is 14.9. The van der Waals surface area contributed by atoms with Crippen molar-refractivity contribution in [3.8, 4) is 0 Å². The van der Waals surface area contributed by atoms with Crippen LogP contribution < -0.4 is 0 Å². The van der Waals surface area contributed by atoms with Gasteiger partial charge in [0.05, 0.1) is 25.9 Å². The molecule has 0 amide bonds. The lowest BCUT2D eigenvalue weighted by Gasteiger charge is -2.10. The van der Waals surface area contributed by atoms with Crippen LogP contribution in [0.5, 0.6) is 0 Å². The molecule has 0 aromatic rings. The van der Waals surface area contributed by atoms with E-state index < -0.39 is 0 Å². The van der Waals surface area contributed by atoms with Gasteiger partial charge in [0.25, 0.3) is 0 Å². The minimum atomic E-state index is -0.304. The molecule has 0 aromatic heterocycles. The molecule has 0 aliphatic heterocycles. The molecule has 0 radical (unpaired) electrons. The van der Waals surface area contributed by atoms with E-state index in [0.29, 0.717) is 19.8 Å². The first-order valence-corrected chi connectivity index (χ1v) is 5.14. The van der Waals surface area contributed by atoms with Crippen molar-refractivity contribution in [2.45, 2.75) is 39.2 Å². The maximum atomic E-state index is 9.37. The van der Waals surface area contributed by atoms with Crippen molar-refractivity contribution in [3.05, 3.63) is 0 Å². The number of unbranched alkanes of at least 4 members (excludes halogenated alkanes) is 1. The highest BCUT2D eigenvalue weighted by molar-refractivity contribution is 4.52. The third kappa shape index (κ3) is 11.8. The standard InChI is InChI=1S/C10H22O3.H2O/c1-3-5-6-10(11)9-13-8-7-12-4-2;/h10-11H,3-9H2,1-2H3;1H2. The third-order valence-electron chi connectivity index (χ3n) is 1.78. The highest BCUT2D eigenvalue weighted by Gasteiger charge is 2.02. The molecule has 0 heterocycles. The second-order valence-corrected chi connectivity index (χ2v) is 3.07. The van der Waals surface area contributed by atoms with Crippen molar-refractivity contribution >= 4 is 0 Å². The Balaban J connectivity index is 0. The lowest BCUT2D eigenvalue weighted by atomic mass is 10.2. The zero-order valence-electron chi connectivity index (χ0n) is 9.29. The van der Waals surface area contributed by atoms with Crippen LogP contribution in [-0.2, 0) is 9.47 Å². The van der Waals surface area contributed by atoms with Crippen LogP contribution in [0.2, 0.25) is 0 Å². The van der Waals surface area contributed by atoms with E-state index in [1.807, 2.05) is 6.92 Å². The molecular formula is C10H24O4. The van der Waals surface area contributed by atoms with Gasteiger partial charge in [0.2, 0.25) is 0 Å². The van der Waals surface area contributed by atoms with E-state index in [1.165, 1.54) is 0 Å². The normalized spacial score (nSPS) is 12.2. The fraction of sp³-hybridized carbons (Fsp3) is 1.00. The lowest BCUT2D eigenvalue weighted by molar-refractivity contribution is 0.00291. The Labute approximate surface area is 86.5 Å². The molecule has 0 aliphatic carbocycles. The number of ether oxygens (including phenoxy) is 2. The first-order valence-electron chi connectivity index (χ1n) is 5.14. The van der Waals surface area contributed by atoms with Gasteiger partial charge in [0.1, 0.15) is 0 Å². The van der Waals surface area contributed by atoms with Crippen LogP contribution >= 0.6 is 0 Å². The van der Waals surface area contributed by atoms with Gasteiger partial charge in [-0.15, -0.1) is 0 Å². The maximum absolute atomic E-state index is 9.37. The van der Waals surface area contributed by atoms with Gasteiger partial charge in [-0.3, -0.25) is 0 Å². The Morgan fingerprint density at radius 2 is 1.79 bits per heavy atom. The Morgan fingerprint density at radius 1 is 1.14 bits per heavy atom. The van der Waals surface area contributed by atoms with E-state index in [1.54, 1.807) is 0 Å². The molecule has 0 aliphatic rings. The molecule has 0 rings (SSSR count). The lowest BCUT2D eigenvalue weighted by Crippen LogP contribution is -2.17. The Morgan fingerprint density at radius 3 is 2.36 bits per heavy atom. The van der Waals surface area contributed by atoms with E-state index >= 15 is 0 Å². The van der Waals surface area contributed by atoms with Gasteiger partial charge < -0.3 is 20.1 Å². The molecule has 0 aromatic carbocycles. The average molecular weight is 208 g/mol. The fourth-order valence-electron chi connectivity index (χ4n) is 1.00. The van der Waals surface area contributed by atoms with E-state index in [9.17, 15) is 5.11 Å². The maximum Gasteiger partial charge on any atom is 0.0773 e. The molecule has 4 heteroatoms. The summed E-state index contributed by atoms with van der Waals surface area (Å²) in [5.74, 6) is 0. The second kappa shape index (κ2) is 12.8. The molecule has 88 valence electrons. The SMILES string of the molecule is CCCCC(O)COCCOCC.O. The Hall–Kier alpha value is -0.160. The number of aliphatic hydroxyl groups excluding tert-OH is 1. The van der Waals surface area contributed by atoms with Gasteiger partial charge >= 0.3 is 0 Å². The van der Waals surface area contributed by atoms with Crippen LogP contribution in [0, 0.1) is 0 Å². The molecule has 0 fully saturated rings. The molecule has 1 unspecified atom stereocenters. The van der Waals surface area contributed by atoms with Crippen LogP contribution in [0.3, 0.4) is 0 Å². The predicted octanol–water partition coefficient (Wildman–Crippen LogP) is 0.766. The van der Waals surface area contributed by atoms with E-state index in [4.69, 9.17) is 9.47 Å². The monoisotopic (exact) mass is 208 g/mol. The van der Waals surface area contributed by atoms with Crippen LogP contribution in [0.15, 0.2) is 0 Å². The van der Waals surface area contributed by atoms with Gasteiger partial charge in [-0.2, -0.15) is 0 Å². The van der Waals surface area contributed by atoms with Gasteiger partial charge in [-0.25, -0.2) is 0 Å². The molecule has 1 atom stereocenters. The quantitative estimate of drug-likeness (QED) is 0.569. The summed E-state index contributed by atoms with van der Waals surface area (Å²) in [4.78, 5) is 0. The Bertz CT molecular complexity index is 98.1. The predicted molar refractivity (Wildman–Crippen MR) is 56.5 cm³/mol. The van der Waals surface area contributed by atoms with Gasteiger partial charge in [-0.05, 0) is 13.3 Å². The van der Waals surface area contributed by atoms with Gasteiger partial charge in [-0.1, -0.05) is 19.8 Å². The first-order chi connectivity index (χ1) is 6.31. The number of hydrogen-bond donors (Lipinski definition) is 1. The summed E-state index contributed by atoms with van der Waals surface area (Å²) in [5, 5.41) is 9.37. The minimum Gasteiger partial charge on any atom is -0.412 e. The molecule has 4 nitrogen and oxygen atoms in total. The summed E-state index contributed by atoms with van der Waals surface area (Å²) in [6.45, 7) is 6.43. The van der Waals surface area contributed by atoms with E-state index in [-0.39, 0.29) is 11.6 Å². The van der Waals surface area contributed by atoms with Gasteiger partial charge in [0, 0.05) is 6.61 Å². The van der Waals surface area contributed by atoms with Crippen molar-refractivity contribution in [2.75, 3.05) is 26.4 Å². The summed E-state index contributed by atoms with van der Waals surface area (Å²) >= 11 is 0. The summed E-state index contributed by atoms with van der Waals surface area (Å²) in [7, 11) is 0. The van der Waals surface area contributed by atoms with Crippen molar-refractivity contribution in [2.24, 2.45) is 0 Å². The van der Waals surface area contributed by atoms with Crippen LogP contribution in [0.4, 0.5) is 0 Å². The summed E-state index contributed by atoms with van der Waals surface area (Å²) in [6, 6.07) is 0. The largest absolute Gasteiger partial charge is 0.412 e. The minimum absolute atomic E-state index is 0. The van der Waals surface area contributed by atoms with Crippen molar-refractivity contribution in [1.82, 2.24) is 0 Å². The number of rotatable bonds is 9. The molecule has 0 saturated heterocycles. The summed E-state index contributed by atoms with van der Waals surface area (Å²) < 4.78 is 10.3. The van der Waals surface area contributed by atoms with Crippen LogP contribution in [0.25, 0.3) is 0 Å². The summed E-state index contributed by atoms with van der Waals surface area (Å²) in [5.41, 5.74) is 0. The molecule has 0 saturated carbocycles. The second-order valence-electron chi connectivity index (χ2n) is 3.07. The number of hydrogen-bond acceptors (Lipinski definition) is 3. The van der Waals surface area contributed by atoms with E-state index in [2.05, 4.69) is 6.92 Å².